The monoisotopic (exact) mass is 452 g/mol. The second-order valence-electron chi connectivity index (χ2n) is 6.68. The summed E-state index contributed by atoms with van der Waals surface area (Å²) >= 11 is 6.17. The number of hydrogen-bond acceptors (Lipinski definition) is 6. The number of nitro benzene ring substituents is 1. The van der Waals surface area contributed by atoms with E-state index in [1.54, 1.807) is 41.3 Å². The summed E-state index contributed by atoms with van der Waals surface area (Å²) in [6.45, 7) is 0.373. The van der Waals surface area contributed by atoms with Crippen LogP contribution in [0.15, 0.2) is 73.1 Å². The second-order valence-corrected chi connectivity index (χ2v) is 7.09. The summed E-state index contributed by atoms with van der Waals surface area (Å²) in [5, 5.41) is 22.8. The molecule has 2 aromatic carbocycles. The Hall–Kier alpha value is -4.18. The Morgan fingerprint density at radius 1 is 1.03 bits per heavy atom. The fourth-order valence-corrected chi connectivity index (χ4v) is 3.11. The topological polar surface area (TPSA) is 117 Å². The van der Waals surface area contributed by atoms with Crippen molar-refractivity contribution in [3.63, 3.8) is 0 Å². The number of amides is 1. The molecule has 0 fully saturated rings. The molecule has 0 radical (unpaired) electrons. The molecule has 1 N–H and O–H groups in total. The highest BCUT2D eigenvalue weighted by Crippen LogP contribution is 2.26. The van der Waals surface area contributed by atoms with Gasteiger partial charge in [-0.3, -0.25) is 19.6 Å². The molecular formula is C21H17ClN6O4. The number of carbonyl (C=O) groups excluding carboxylic acids is 1. The van der Waals surface area contributed by atoms with Gasteiger partial charge in [-0.15, -0.1) is 0 Å². The predicted molar refractivity (Wildman–Crippen MR) is 117 cm³/mol. The van der Waals surface area contributed by atoms with Crippen molar-refractivity contribution in [1.82, 2.24) is 19.6 Å². The predicted octanol–water partition coefficient (Wildman–Crippen LogP) is 3.98. The maximum Gasteiger partial charge on any atom is 0.311 e. The van der Waals surface area contributed by atoms with Crippen molar-refractivity contribution in [1.29, 1.82) is 0 Å². The summed E-state index contributed by atoms with van der Waals surface area (Å²) in [5.41, 5.74) is 0.911. The SMILES string of the molecule is O=C(Nc1ccn(Cc2ccccc2Cl)n1)c1ccn(COc2ccccc2[N+](=O)[O-])n1. The number of ether oxygens (including phenoxy) is 1. The zero-order valence-electron chi connectivity index (χ0n) is 16.6. The summed E-state index contributed by atoms with van der Waals surface area (Å²) < 4.78 is 8.49. The molecule has 2 aromatic heterocycles. The highest BCUT2D eigenvalue weighted by molar-refractivity contribution is 6.31. The Labute approximate surface area is 187 Å². The average molecular weight is 453 g/mol. The van der Waals surface area contributed by atoms with E-state index in [2.05, 4.69) is 15.5 Å². The van der Waals surface area contributed by atoms with Crippen molar-refractivity contribution in [3.05, 3.63) is 99.5 Å². The van der Waals surface area contributed by atoms with E-state index in [1.165, 1.54) is 22.9 Å². The fourth-order valence-electron chi connectivity index (χ4n) is 2.92. The van der Waals surface area contributed by atoms with Gasteiger partial charge in [0, 0.05) is 29.5 Å². The van der Waals surface area contributed by atoms with Gasteiger partial charge >= 0.3 is 5.69 Å². The maximum atomic E-state index is 12.5. The van der Waals surface area contributed by atoms with E-state index < -0.39 is 10.8 Å². The molecule has 0 saturated carbocycles. The molecule has 0 spiro atoms. The van der Waals surface area contributed by atoms with Crippen LogP contribution in [0.2, 0.25) is 5.02 Å². The Balaban J connectivity index is 1.36. The Morgan fingerprint density at radius 3 is 2.59 bits per heavy atom. The minimum atomic E-state index is -0.526. The lowest BCUT2D eigenvalue weighted by Gasteiger charge is -2.06. The van der Waals surface area contributed by atoms with Crippen LogP contribution in [0.1, 0.15) is 16.1 Å². The van der Waals surface area contributed by atoms with Gasteiger partial charge in [-0.1, -0.05) is 41.9 Å². The van der Waals surface area contributed by atoms with Gasteiger partial charge in [0.05, 0.1) is 11.5 Å². The molecule has 0 bridgehead atoms. The molecular weight excluding hydrogens is 436 g/mol. The standard InChI is InChI=1S/C21H17ClN6O4/c22-16-6-2-1-5-15(16)13-26-12-10-20(25-26)23-21(29)17-9-11-27(24-17)14-32-19-8-4-3-7-18(19)28(30)31/h1-12H,13-14H2,(H,23,25,29). The van der Waals surface area contributed by atoms with Crippen LogP contribution in [-0.4, -0.2) is 30.4 Å². The van der Waals surface area contributed by atoms with E-state index in [0.717, 1.165) is 5.56 Å². The first-order valence-electron chi connectivity index (χ1n) is 9.47. The fraction of sp³-hybridized carbons (Fsp3) is 0.0952. The van der Waals surface area contributed by atoms with Crippen LogP contribution < -0.4 is 10.1 Å². The lowest BCUT2D eigenvalue weighted by molar-refractivity contribution is -0.386. The molecule has 0 atom stereocenters. The van der Waals surface area contributed by atoms with Gasteiger partial charge in [0.2, 0.25) is 0 Å². The van der Waals surface area contributed by atoms with Crippen LogP contribution in [0.5, 0.6) is 5.75 Å². The van der Waals surface area contributed by atoms with Gasteiger partial charge in [0.1, 0.15) is 0 Å². The first-order valence-corrected chi connectivity index (χ1v) is 9.85. The zero-order valence-corrected chi connectivity index (χ0v) is 17.3. The number of nitrogens with one attached hydrogen (secondary N) is 1. The number of aromatic nitrogens is 4. The molecule has 0 unspecified atom stereocenters. The van der Waals surface area contributed by atoms with E-state index >= 15 is 0 Å². The Kier molecular flexibility index (Phi) is 6.13. The summed E-state index contributed by atoms with van der Waals surface area (Å²) in [6.07, 6.45) is 3.28. The molecule has 11 heteroatoms. The van der Waals surface area contributed by atoms with Crippen molar-refractivity contribution < 1.29 is 14.5 Å². The van der Waals surface area contributed by atoms with Crippen LogP contribution in [-0.2, 0) is 13.3 Å². The number of nitrogens with zero attached hydrogens (tertiary/aromatic N) is 5. The van der Waals surface area contributed by atoms with E-state index in [0.29, 0.717) is 17.4 Å². The van der Waals surface area contributed by atoms with Crippen LogP contribution in [0.3, 0.4) is 0 Å². The number of halogens is 1. The van der Waals surface area contributed by atoms with Gasteiger partial charge in [0.25, 0.3) is 5.91 Å². The molecule has 0 saturated heterocycles. The van der Waals surface area contributed by atoms with Crippen molar-refractivity contribution in [2.75, 3.05) is 5.32 Å². The Morgan fingerprint density at radius 2 is 1.78 bits per heavy atom. The van der Waals surface area contributed by atoms with Crippen LogP contribution in [0.25, 0.3) is 0 Å². The minimum Gasteiger partial charge on any atom is -0.464 e. The van der Waals surface area contributed by atoms with Crippen molar-refractivity contribution in [2.45, 2.75) is 13.3 Å². The molecule has 0 aliphatic heterocycles. The number of benzene rings is 2. The molecule has 4 rings (SSSR count). The van der Waals surface area contributed by atoms with E-state index in [1.807, 2.05) is 18.2 Å². The second kappa shape index (κ2) is 9.31. The molecule has 162 valence electrons. The van der Waals surface area contributed by atoms with Crippen molar-refractivity contribution >= 4 is 29.0 Å². The van der Waals surface area contributed by atoms with E-state index in [-0.39, 0.29) is 23.9 Å². The molecule has 10 nitrogen and oxygen atoms in total. The average Bonchev–Trinajstić information content (AvgIpc) is 3.44. The lowest BCUT2D eigenvalue weighted by Crippen LogP contribution is -2.15. The molecule has 1 amide bonds. The third kappa shape index (κ3) is 4.93. The minimum absolute atomic E-state index is 0.0927. The molecule has 0 aliphatic rings. The van der Waals surface area contributed by atoms with Gasteiger partial charge in [-0.25, -0.2) is 4.68 Å². The smallest absolute Gasteiger partial charge is 0.311 e. The van der Waals surface area contributed by atoms with Crippen molar-refractivity contribution in [2.24, 2.45) is 0 Å². The van der Waals surface area contributed by atoms with Crippen LogP contribution in [0.4, 0.5) is 11.5 Å². The summed E-state index contributed by atoms with van der Waals surface area (Å²) in [4.78, 5) is 23.0. The van der Waals surface area contributed by atoms with E-state index in [9.17, 15) is 14.9 Å². The van der Waals surface area contributed by atoms with Gasteiger partial charge in [-0.2, -0.15) is 10.2 Å². The van der Waals surface area contributed by atoms with Crippen LogP contribution >= 0.6 is 11.6 Å². The quantitative estimate of drug-likeness (QED) is 0.319. The number of nitro groups is 1. The first-order chi connectivity index (χ1) is 15.5. The van der Waals surface area contributed by atoms with Gasteiger partial charge < -0.3 is 10.1 Å². The molecule has 0 aliphatic carbocycles. The zero-order chi connectivity index (χ0) is 22.5. The number of rotatable bonds is 8. The lowest BCUT2D eigenvalue weighted by atomic mass is 10.2. The molecule has 2 heterocycles. The number of carbonyl (C=O) groups is 1. The highest BCUT2D eigenvalue weighted by Gasteiger charge is 2.15. The number of anilines is 1. The van der Waals surface area contributed by atoms with Gasteiger partial charge in [-0.05, 0) is 23.8 Å². The number of hydrogen-bond donors (Lipinski definition) is 1. The molecule has 4 aromatic rings. The molecule has 32 heavy (non-hydrogen) atoms. The van der Waals surface area contributed by atoms with Crippen LogP contribution in [0, 0.1) is 10.1 Å². The summed E-state index contributed by atoms with van der Waals surface area (Å²) in [7, 11) is 0. The Bertz CT molecular complexity index is 1270. The largest absolute Gasteiger partial charge is 0.464 e. The van der Waals surface area contributed by atoms with Gasteiger partial charge in [0.15, 0.2) is 24.0 Å². The highest BCUT2D eigenvalue weighted by atomic mass is 35.5. The third-order valence-electron chi connectivity index (χ3n) is 4.46. The normalized spacial score (nSPS) is 10.7. The number of para-hydroxylation sites is 2. The van der Waals surface area contributed by atoms with Crippen molar-refractivity contribution in [3.8, 4) is 5.75 Å². The third-order valence-corrected chi connectivity index (χ3v) is 4.83. The first kappa shape index (κ1) is 21.1. The van der Waals surface area contributed by atoms with E-state index in [4.69, 9.17) is 16.3 Å². The maximum absolute atomic E-state index is 12.5. The summed E-state index contributed by atoms with van der Waals surface area (Å²) in [5.74, 6) is 0.0354. The summed E-state index contributed by atoms with van der Waals surface area (Å²) in [6, 6.07) is 16.7.